The van der Waals surface area contributed by atoms with E-state index in [2.05, 4.69) is 48.2 Å². The maximum atomic E-state index is 5.32. The van der Waals surface area contributed by atoms with E-state index in [9.17, 15) is 0 Å². The van der Waals surface area contributed by atoms with Crippen LogP contribution in [0.15, 0.2) is 36.4 Å². The summed E-state index contributed by atoms with van der Waals surface area (Å²) >= 11 is 0. The van der Waals surface area contributed by atoms with E-state index in [0.29, 0.717) is 0 Å². The highest BCUT2D eigenvalue weighted by Crippen LogP contribution is 2.25. The Morgan fingerprint density at radius 3 is 2.65 bits per heavy atom. The smallest absolute Gasteiger partial charge is 0.119 e. The van der Waals surface area contributed by atoms with E-state index in [0.717, 1.165) is 18.1 Å². The SMILES string of the molecule is COc1ccc2c(CCCN3CCC(C)CC3)cccc2c1.Cl. The lowest BCUT2D eigenvalue weighted by atomic mass is 9.98. The summed E-state index contributed by atoms with van der Waals surface area (Å²) in [7, 11) is 1.73. The zero-order valence-electron chi connectivity index (χ0n) is 14.3. The van der Waals surface area contributed by atoms with E-state index in [1.165, 1.54) is 55.2 Å². The number of hydrogen-bond acceptors (Lipinski definition) is 2. The third kappa shape index (κ3) is 4.62. The maximum absolute atomic E-state index is 5.32. The van der Waals surface area contributed by atoms with Crippen molar-refractivity contribution in [3.05, 3.63) is 42.0 Å². The molecule has 0 spiro atoms. The Bertz CT molecular complexity index is 620. The van der Waals surface area contributed by atoms with Gasteiger partial charge in [0.1, 0.15) is 5.75 Å². The largest absolute Gasteiger partial charge is 0.497 e. The number of benzene rings is 2. The van der Waals surface area contributed by atoms with Crippen molar-refractivity contribution in [2.75, 3.05) is 26.7 Å². The van der Waals surface area contributed by atoms with Crippen molar-refractivity contribution < 1.29 is 4.74 Å². The summed E-state index contributed by atoms with van der Waals surface area (Å²) in [4.78, 5) is 2.63. The average molecular weight is 334 g/mol. The molecule has 0 unspecified atom stereocenters. The van der Waals surface area contributed by atoms with E-state index in [1.807, 2.05) is 0 Å². The number of hydrogen-bond donors (Lipinski definition) is 0. The van der Waals surface area contributed by atoms with Gasteiger partial charge in [0.2, 0.25) is 0 Å². The highest BCUT2D eigenvalue weighted by molar-refractivity contribution is 5.87. The molecule has 1 saturated heterocycles. The topological polar surface area (TPSA) is 12.5 Å². The number of methoxy groups -OCH3 is 1. The second-order valence-corrected chi connectivity index (χ2v) is 6.63. The number of likely N-dealkylation sites (tertiary alicyclic amines) is 1. The first-order chi connectivity index (χ1) is 10.8. The number of piperidine rings is 1. The van der Waals surface area contributed by atoms with Crippen molar-refractivity contribution in [1.29, 1.82) is 0 Å². The molecule has 1 aliphatic rings. The van der Waals surface area contributed by atoms with Crippen LogP contribution in [-0.2, 0) is 6.42 Å². The van der Waals surface area contributed by atoms with Gasteiger partial charge in [0.05, 0.1) is 7.11 Å². The monoisotopic (exact) mass is 333 g/mol. The number of fused-ring (bicyclic) bond motifs is 1. The fourth-order valence-corrected chi connectivity index (χ4v) is 3.45. The van der Waals surface area contributed by atoms with Crippen LogP contribution in [0.3, 0.4) is 0 Å². The summed E-state index contributed by atoms with van der Waals surface area (Å²) in [6.45, 7) is 6.18. The van der Waals surface area contributed by atoms with Gasteiger partial charge in [0, 0.05) is 0 Å². The predicted molar refractivity (Wildman–Crippen MR) is 101 cm³/mol. The Balaban J connectivity index is 0.00000192. The third-order valence-corrected chi connectivity index (χ3v) is 4.97. The molecule has 126 valence electrons. The molecular weight excluding hydrogens is 306 g/mol. The molecule has 2 aromatic rings. The van der Waals surface area contributed by atoms with Crippen LogP contribution < -0.4 is 4.74 Å². The number of rotatable bonds is 5. The summed E-state index contributed by atoms with van der Waals surface area (Å²) in [5, 5.41) is 2.65. The fourth-order valence-electron chi connectivity index (χ4n) is 3.45. The van der Waals surface area contributed by atoms with Gasteiger partial charge in [-0.2, -0.15) is 0 Å². The summed E-state index contributed by atoms with van der Waals surface area (Å²) < 4.78 is 5.32. The normalized spacial score (nSPS) is 16.3. The van der Waals surface area contributed by atoms with Crippen LogP contribution in [0.1, 0.15) is 31.7 Å². The van der Waals surface area contributed by atoms with Gasteiger partial charge in [-0.15, -0.1) is 12.4 Å². The summed E-state index contributed by atoms with van der Waals surface area (Å²) in [5.41, 5.74) is 1.46. The van der Waals surface area contributed by atoms with Crippen molar-refractivity contribution in [2.24, 2.45) is 5.92 Å². The van der Waals surface area contributed by atoms with Crippen LogP contribution in [0.4, 0.5) is 0 Å². The average Bonchev–Trinajstić information content (AvgIpc) is 2.56. The van der Waals surface area contributed by atoms with Crippen LogP contribution in [-0.4, -0.2) is 31.6 Å². The molecule has 1 aliphatic heterocycles. The summed E-state index contributed by atoms with van der Waals surface area (Å²) in [5.74, 6) is 1.86. The minimum atomic E-state index is 0. The molecule has 0 amide bonds. The second-order valence-electron chi connectivity index (χ2n) is 6.63. The Hall–Kier alpha value is -1.25. The van der Waals surface area contributed by atoms with Crippen LogP contribution in [0, 0.1) is 5.92 Å². The van der Waals surface area contributed by atoms with Crippen molar-refractivity contribution in [2.45, 2.75) is 32.6 Å². The molecule has 0 N–H and O–H groups in total. The molecule has 2 aromatic carbocycles. The summed E-state index contributed by atoms with van der Waals surface area (Å²) in [6.07, 6.45) is 5.15. The third-order valence-electron chi connectivity index (χ3n) is 4.97. The van der Waals surface area contributed by atoms with Crippen LogP contribution in [0.2, 0.25) is 0 Å². The van der Waals surface area contributed by atoms with E-state index in [1.54, 1.807) is 7.11 Å². The standard InChI is InChI=1S/C20H27NO.ClH/c1-16-10-13-21(14-11-16)12-4-7-17-5-3-6-18-15-19(22-2)8-9-20(17)18;/h3,5-6,8-9,15-16H,4,7,10-14H2,1-2H3;1H. The Labute approximate surface area is 146 Å². The van der Waals surface area contributed by atoms with Crippen LogP contribution in [0.25, 0.3) is 10.8 Å². The molecular formula is C20H28ClNO. The first kappa shape index (κ1) is 18.1. The first-order valence-electron chi connectivity index (χ1n) is 8.54. The highest BCUT2D eigenvalue weighted by Gasteiger charge is 2.15. The van der Waals surface area contributed by atoms with E-state index < -0.39 is 0 Å². The Morgan fingerprint density at radius 1 is 1.13 bits per heavy atom. The lowest BCUT2D eigenvalue weighted by Crippen LogP contribution is -2.33. The van der Waals surface area contributed by atoms with E-state index >= 15 is 0 Å². The second kappa shape index (κ2) is 8.56. The van der Waals surface area contributed by atoms with Crippen molar-refractivity contribution >= 4 is 23.2 Å². The van der Waals surface area contributed by atoms with Crippen molar-refractivity contribution in [3.63, 3.8) is 0 Å². The first-order valence-corrected chi connectivity index (χ1v) is 8.54. The molecule has 2 nitrogen and oxygen atoms in total. The number of nitrogens with zero attached hydrogens (tertiary/aromatic N) is 1. The highest BCUT2D eigenvalue weighted by atomic mass is 35.5. The Morgan fingerprint density at radius 2 is 1.91 bits per heavy atom. The van der Waals surface area contributed by atoms with Crippen molar-refractivity contribution in [3.8, 4) is 5.75 Å². The lowest BCUT2D eigenvalue weighted by Gasteiger charge is -2.30. The van der Waals surface area contributed by atoms with Gasteiger partial charge in [-0.25, -0.2) is 0 Å². The molecule has 1 fully saturated rings. The van der Waals surface area contributed by atoms with Crippen LogP contribution in [0.5, 0.6) is 5.75 Å². The van der Waals surface area contributed by atoms with E-state index in [4.69, 9.17) is 4.74 Å². The molecule has 0 bridgehead atoms. The molecule has 23 heavy (non-hydrogen) atoms. The molecule has 0 aliphatic carbocycles. The van der Waals surface area contributed by atoms with Crippen LogP contribution >= 0.6 is 12.4 Å². The molecule has 0 radical (unpaired) electrons. The Kier molecular flexibility index (Phi) is 6.73. The lowest BCUT2D eigenvalue weighted by molar-refractivity contribution is 0.191. The molecule has 3 heteroatoms. The zero-order chi connectivity index (χ0) is 15.4. The van der Waals surface area contributed by atoms with Gasteiger partial charge < -0.3 is 9.64 Å². The molecule has 0 aromatic heterocycles. The van der Waals surface area contributed by atoms with Gasteiger partial charge in [0.15, 0.2) is 0 Å². The zero-order valence-corrected chi connectivity index (χ0v) is 15.1. The molecule has 0 atom stereocenters. The van der Waals surface area contributed by atoms with Gasteiger partial charge in [-0.3, -0.25) is 0 Å². The molecule has 0 saturated carbocycles. The maximum Gasteiger partial charge on any atom is 0.119 e. The molecule has 3 rings (SSSR count). The predicted octanol–water partition coefficient (Wildman–Crippen LogP) is 4.93. The van der Waals surface area contributed by atoms with Gasteiger partial charge in [0.25, 0.3) is 0 Å². The number of halogens is 1. The summed E-state index contributed by atoms with van der Waals surface area (Å²) in [6, 6.07) is 13.0. The van der Waals surface area contributed by atoms with E-state index in [-0.39, 0.29) is 12.4 Å². The van der Waals surface area contributed by atoms with Crippen molar-refractivity contribution in [1.82, 2.24) is 4.90 Å². The minimum absolute atomic E-state index is 0. The molecule has 1 heterocycles. The van der Waals surface area contributed by atoms with Gasteiger partial charge >= 0.3 is 0 Å². The quantitative estimate of drug-likeness (QED) is 0.768. The van der Waals surface area contributed by atoms with Gasteiger partial charge in [-0.1, -0.05) is 31.2 Å². The number of ether oxygens (including phenoxy) is 1. The number of aryl methyl sites for hydroxylation is 1. The van der Waals surface area contributed by atoms with Gasteiger partial charge in [-0.05, 0) is 79.7 Å². The fraction of sp³-hybridized carbons (Fsp3) is 0.500. The minimum Gasteiger partial charge on any atom is -0.497 e.